The third-order valence-corrected chi connectivity index (χ3v) is 22.9. The maximum atomic E-state index is 15.1. The van der Waals surface area contributed by atoms with Crippen molar-refractivity contribution < 1.29 is 112 Å². The van der Waals surface area contributed by atoms with E-state index in [1.165, 1.54) is 55.5 Å². The maximum absolute atomic E-state index is 15.1. The van der Waals surface area contributed by atoms with Gasteiger partial charge in [-0.3, -0.25) is 76.7 Å². The molecule has 0 unspecified atom stereocenters. The van der Waals surface area contributed by atoms with Gasteiger partial charge in [-0.1, -0.05) is 89.0 Å². The van der Waals surface area contributed by atoms with Gasteiger partial charge in [0.25, 0.3) is 5.97 Å². The van der Waals surface area contributed by atoms with Crippen molar-refractivity contribution in [3.63, 3.8) is 0 Å². The summed E-state index contributed by atoms with van der Waals surface area (Å²) in [6.45, 7) is 2.26. The quantitative estimate of drug-likeness (QED) is 0.0656. The van der Waals surface area contributed by atoms with Crippen LogP contribution in [0, 0.1) is 0 Å². The van der Waals surface area contributed by atoms with Crippen LogP contribution >= 0.6 is 64.8 Å². The van der Waals surface area contributed by atoms with Gasteiger partial charge in [-0.05, 0) is 68.5 Å². The monoisotopic (exact) mass is 1590 g/mol. The summed E-state index contributed by atoms with van der Waals surface area (Å²) in [5, 5.41) is 87.9. The number of carboxylic acid groups (broad SMARTS) is 3. The van der Waals surface area contributed by atoms with E-state index in [4.69, 9.17) is 21.4 Å². The molecule has 14 amide bonds. The topological polar surface area (TPSA) is 611 Å². The summed E-state index contributed by atoms with van der Waals surface area (Å²) < 4.78 is 0. The number of nitrogens with two attached hydrogens (primary N) is 2. The van der Waals surface area contributed by atoms with E-state index in [2.05, 4.69) is 63.8 Å². The Balaban J connectivity index is 0.00000482. The minimum absolute atomic E-state index is 0.00937. The fourth-order valence-electron chi connectivity index (χ4n) is 10.0. The lowest BCUT2D eigenvalue weighted by molar-refractivity contribution is -0.143. The number of rotatable bonds is 13. The molecule has 576 valence electrons. The van der Waals surface area contributed by atoms with Crippen LogP contribution < -0.4 is 75.3 Å². The predicted molar refractivity (Wildman–Crippen MR) is 384 cm³/mol. The van der Waals surface area contributed by atoms with Crippen LogP contribution in [0.5, 0.6) is 11.5 Å². The number of aliphatic hydroxyl groups is 1. The molecule has 14 atom stereocenters. The molecule has 44 heteroatoms. The fourth-order valence-corrected chi connectivity index (χ4v) is 17.0. The Morgan fingerprint density at radius 3 is 1.57 bits per heavy atom. The van der Waals surface area contributed by atoms with E-state index in [0.717, 1.165) is 83.5 Å². The number of phenolic OH excluding ortho intramolecular Hbond substituents is 2. The number of carboxylic acids is 3. The number of aromatic hydroxyl groups is 2. The van der Waals surface area contributed by atoms with Crippen LogP contribution in [0.3, 0.4) is 0 Å². The Kier molecular flexibility index (Phi) is 35.4. The number of carbonyl (C=O) groups is 17. The van der Waals surface area contributed by atoms with Crippen molar-refractivity contribution in [1.29, 1.82) is 0 Å². The van der Waals surface area contributed by atoms with E-state index in [1.807, 2.05) is 0 Å². The van der Waals surface area contributed by atoms with E-state index < -0.39 is 246 Å². The molecule has 0 radical (unpaired) electrons. The number of benzene rings is 2. The predicted octanol–water partition coefficient (Wildman–Crippen LogP) is -5.85. The zero-order valence-electron chi connectivity index (χ0n) is 56.5. The van der Waals surface area contributed by atoms with Crippen LogP contribution in [0.25, 0.3) is 0 Å². The van der Waals surface area contributed by atoms with Crippen molar-refractivity contribution in [1.82, 2.24) is 68.7 Å². The van der Waals surface area contributed by atoms with Crippen molar-refractivity contribution in [3.8, 4) is 11.5 Å². The van der Waals surface area contributed by atoms with Gasteiger partial charge in [0, 0.05) is 67.2 Å². The maximum Gasteiger partial charge on any atom is 0.326 e. The minimum Gasteiger partial charge on any atom is -0.508 e. The lowest BCUT2D eigenvalue weighted by Gasteiger charge is -2.30. The fraction of sp³-hybridized carbons (Fsp3) is 0.525. The number of nitrogens with one attached hydrogen (secondary N) is 12. The number of fused-ring (bicyclic) bond motifs is 20. The number of hydrogen-bond donors (Lipinski definition) is 20. The molecule has 6 rings (SSSR count). The van der Waals surface area contributed by atoms with Gasteiger partial charge in [0.05, 0.1) is 25.1 Å². The molecule has 4 aliphatic heterocycles. The molecule has 38 nitrogen and oxygen atoms in total. The van der Waals surface area contributed by atoms with Crippen LogP contribution in [0.1, 0.15) is 64.0 Å². The van der Waals surface area contributed by atoms with Crippen molar-refractivity contribution in [2.45, 2.75) is 150 Å². The number of carbonyl (C=O) groups excluding carboxylic acids is 14. The number of amides is 14. The van der Waals surface area contributed by atoms with E-state index in [1.54, 1.807) is 0 Å². The first-order valence-electron chi connectivity index (χ1n) is 32.2. The van der Waals surface area contributed by atoms with Crippen LogP contribution in [0.15, 0.2) is 48.5 Å². The molecule has 4 heterocycles. The standard InChI is InChI=1S/C59H79N15O21S6.C2H4O2/c1-26-47(82)69-41-25-101-99-22-38-52(87)65-33(13-14-45(80)81)49(84)66-34(16-28-5-9-30(76)10-6-28)50(85)71-40(54(89)72-39(23-97-96-20-32(60)48(83)70-38)53(88)67-35(18-43(61)78)58(93)74-15-3-4-42(74)56(91)63-26)24-100-98-21-37(64-44(79)19-62-57(92)46(27(2)75)73-55(41)90)51(86)68-36(59(94)95)17-29-7-11-31(77)12-8-29;1-2(3)4/h5-12,26-27,32-42,46,75-77H,3-4,13-25,60H2,1-2H3,(H2,61,78)(H,62,92)(H,63,91)(H,64,79)(H,65,87)(H,66,84)(H,67,88)(H,68,86)(H,69,82)(H,70,83)(H,71,85)(H,72,89)(H,73,90)(H,80,81)(H,94,95);1H3,(H,3,4)/t26-,27+,32-,33-,34-,35-,36-,37-,38-,39-,40-,41-,42-,46-;/m0./s1. The molecule has 0 spiro atoms. The van der Waals surface area contributed by atoms with Crippen molar-refractivity contribution >= 4 is 165 Å². The number of aliphatic hydroxyl groups excluding tert-OH is 1. The number of nitrogens with zero attached hydrogens (tertiary/aromatic N) is 1. The highest BCUT2D eigenvalue weighted by molar-refractivity contribution is 8.77. The Labute approximate surface area is 623 Å². The molecule has 4 bridgehead atoms. The highest BCUT2D eigenvalue weighted by Crippen LogP contribution is 2.28. The molecule has 2 aromatic rings. The lowest BCUT2D eigenvalue weighted by Crippen LogP contribution is -2.61. The zero-order valence-corrected chi connectivity index (χ0v) is 61.4. The first kappa shape index (κ1) is 86.7. The smallest absolute Gasteiger partial charge is 0.326 e. The summed E-state index contributed by atoms with van der Waals surface area (Å²) in [5.41, 5.74) is 12.6. The molecule has 2 aromatic carbocycles. The second-order valence-electron chi connectivity index (χ2n) is 24.0. The van der Waals surface area contributed by atoms with Crippen molar-refractivity contribution in [2.75, 3.05) is 47.6 Å². The molecule has 22 N–H and O–H groups in total. The van der Waals surface area contributed by atoms with Crippen LogP contribution in [0.4, 0.5) is 0 Å². The third-order valence-electron chi connectivity index (χ3n) is 15.6. The summed E-state index contributed by atoms with van der Waals surface area (Å²) in [5.74, 6) is -22.5. The van der Waals surface area contributed by atoms with Gasteiger partial charge >= 0.3 is 11.9 Å². The Hall–Kier alpha value is -8.95. The normalized spacial score (nSPS) is 26.5. The number of hydrogen-bond acceptors (Lipinski definition) is 27. The van der Waals surface area contributed by atoms with Gasteiger partial charge in [-0.25, -0.2) is 4.79 Å². The van der Waals surface area contributed by atoms with Gasteiger partial charge in [-0.2, -0.15) is 0 Å². The summed E-state index contributed by atoms with van der Waals surface area (Å²) in [7, 11) is 4.74. The number of phenols is 2. The highest BCUT2D eigenvalue weighted by Gasteiger charge is 2.42. The van der Waals surface area contributed by atoms with Crippen LogP contribution in [-0.4, -0.2) is 268 Å². The summed E-state index contributed by atoms with van der Waals surface area (Å²) >= 11 is 0. The lowest BCUT2D eigenvalue weighted by atomic mass is 10.0. The SMILES string of the molecule is CC(=O)O.C[C@@H]1NC(=O)[C@@H]2CCCN2C(=O)[C@H](CC(N)=O)NC(=O)[C@@H]2CSSC[C@H](N)C(=O)N[C@H]3CSSC[C@H](NC1=O)C(=O)N[C@@H]([C@@H](C)O)C(=O)NCC(=O)N[C@H](C(=O)N[C@@H](Cc1ccc(O)cc1)C(=O)O)CSSC[C@H](NC(=O)[C@H](Cc1ccc(O)cc1)NC(=O)[C@H](CCC(=O)O)NC3=O)C(=O)N2. The zero-order chi connectivity index (χ0) is 77.8. The van der Waals surface area contributed by atoms with Crippen molar-refractivity contribution in [3.05, 3.63) is 59.7 Å². The minimum atomic E-state index is -1.93. The molecule has 105 heavy (non-hydrogen) atoms. The molecular weight excluding hydrogens is 1500 g/mol. The molecule has 4 aliphatic rings. The van der Waals surface area contributed by atoms with E-state index in [0.29, 0.717) is 5.56 Å². The molecule has 4 saturated heterocycles. The van der Waals surface area contributed by atoms with Gasteiger partial charge in [-0.15, -0.1) is 0 Å². The molecule has 0 saturated carbocycles. The second-order valence-corrected chi connectivity index (χ2v) is 31.6. The van der Waals surface area contributed by atoms with Gasteiger partial charge in [0.1, 0.15) is 84.0 Å². The van der Waals surface area contributed by atoms with E-state index in [9.17, 15) is 92.7 Å². The average molecular weight is 1590 g/mol. The third kappa shape index (κ3) is 29.1. The average Bonchev–Trinajstić information content (AvgIpc) is 1.74. The number of primary amides is 1. The largest absolute Gasteiger partial charge is 0.508 e. The highest BCUT2D eigenvalue weighted by atomic mass is 33.1. The number of aliphatic carboxylic acids is 3. The molecular formula is C61H83N15O23S6. The van der Waals surface area contributed by atoms with E-state index in [-0.39, 0.29) is 48.6 Å². The van der Waals surface area contributed by atoms with Crippen LogP contribution in [-0.2, 0) is 94.3 Å². The van der Waals surface area contributed by atoms with Crippen molar-refractivity contribution in [2.24, 2.45) is 11.5 Å². The second kappa shape index (κ2) is 42.9. The first-order valence-corrected chi connectivity index (χ1v) is 39.6. The Bertz CT molecular complexity index is 3510. The summed E-state index contributed by atoms with van der Waals surface area (Å²) in [4.78, 5) is 236. The van der Waals surface area contributed by atoms with Crippen LogP contribution in [0.2, 0.25) is 0 Å². The van der Waals surface area contributed by atoms with Gasteiger partial charge < -0.3 is 111 Å². The van der Waals surface area contributed by atoms with Gasteiger partial charge in [0.2, 0.25) is 82.7 Å². The Morgan fingerprint density at radius 1 is 0.571 bits per heavy atom. The van der Waals surface area contributed by atoms with E-state index >= 15 is 9.59 Å². The molecule has 0 aromatic heterocycles. The summed E-state index contributed by atoms with van der Waals surface area (Å²) in [6, 6.07) is -11.7. The summed E-state index contributed by atoms with van der Waals surface area (Å²) in [6.07, 6.45) is -4.71. The molecule has 4 fully saturated rings. The Morgan fingerprint density at radius 2 is 1.04 bits per heavy atom. The van der Waals surface area contributed by atoms with Gasteiger partial charge in [0.15, 0.2) is 0 Å². The first-order chi connectivity index (χ1) is 49.6. The molecule has 0 aliphatic carbocycles.